The second kappa shape index (κ2) is 5.76. The van der Waals surface area contributed by atoms with Gasteiger partial charge < -0.3 is 10.1 Å². The summed E-state index contributed by atoms with van der Waals surface area (Å²) in [5.41, 5.74) is 1.69. The molecule has 84 valence electrons. The number of pyridine rings is 1. The first-order valence-electron chi connectivity index (χ1n) is 5.08. The summed E-state index contributed by atoms with van der Waals surface area (Å²) in [7, 11) is 0. The average molecular weight is 217 g/mol. The molecule has 1 N–H and O–H groups in total. The molecule has 0 fully saturated rings. The second-order valence-corrected chi connectivity index (χ2v) is 3.32. The second-order valence-electron chi connectivity index (χ2n) is 3.32. The molecular weight excluding hydrogens is 202 g/mol. The first-order valence-corrected chi connectivity index (χ1v) is 5.08. The molecular formula is C12H15N3O. The molecule has 0 saturated carbocycles. The van der Waals surface area contributed by atoms with Crippen LogP contribution in [0.4, 0.5) is 5.82 Å². The fraction of sp³-hybridized carbons (Fsp3) is 0.333. The molecule has 16 heavy (non-hydrogen) atoms. The molecule has 0 aliphatic rings. The quantitative estimate of drug-likeness (QED) is 0.823. The van der Waals surface area contributed by atoms with Crippen molar-refractivity contribution in [1.29, 1.82) is 5.26 Å². The number of ether oxygens (including phenoxy) is 1. The number of rotatable bonds is 5. The molecule has 1 aromatic rings. The van der Waals surface area contributed by atoms with Gasteiger partial charge in [0, 0.05) is 24.4 Å². The lowest BCUT2D eigenvalue weighted by Crippen LogP contribution is -2.02. The standard InChI is InChI=1S/C12H15N3O/c1-4-14-12-7-11(16-6-5-13)10(8-15-12)9(2)3/h7-8H,2,4,6H2,1,3H3,(H,14,15). The molecule has 0 bridgehead atoms. The highest BCUT2D eigenvalue weighted by Crippen LogP contribution is 2.26. The topological polar surface area (TPSA) is 57.9 Å². The number of nitriles is 1. The predicted molar refractivity (Wildman–Crippen MR) is 64.2 cm³/mol. The zero-order valence-electron chi connectivity index (χ0n) is 9.58. The molecule has 4 heteroatoms. The Hall–Kier alpha value is -2.02. The largest absolute Gasteiger partial charge is 0.478 e. The van der Waals surface area contributed by atoms with E-state index in [2.05, 4.69) is 16.9 Å². The zero-order valence-corrected chi connectivity index (χ0v) is 9.58. The van der Waals surface area contributed by atoms with Gasteiger partial charge in [0.1, 0.15) is 17.6 Å². The van der Waals surface area contributed by atoms with E-state index >= 15 is 0 Å². The van der Waals surface area contributed by atoms with Crippen LogP contribution < -0.4 is 10.1 Å². The van der Waals surface area contributed by atoms with Gasteiger partial charge in [-0.3, -0.25) is 0 Å². The Morgan fingerprint density at radius 3 is 3.00 bits per heavy atom. The normalized spacial score (nSPS) is 9.31. The molecule has 4 nitrogen and oxygen atoms in total. The predicted octanol–water partition coefficient (Wildman–Crippen LogP) is 2.45. The van der Waals surface area contributed by atoms with Gasteiger partial charge in [-0.1, -0.05) is 6.58 Å². The molecule has 1 aromatic heterocycles. The fourth-order valence-corrected chi connectivity index (χ4v) is 1.26. The van der Waals surface area contributed by atoms with Gasteiger partial charge in [-0.25, -0.2) is 4.98 Å². The van der Waals surface area contributed by atoms with Crippen LogP contribution in [0.2, 0.25) is 0 Å². The van der Waals surface area contributed by atoms with Crippen LogP contribution in [-0.2, 0) is 0 Å². The van der Waals surface area contributed by atoms with Crippen molar-refractivity contribution >= 4 is 11.4 Å². The fourth-order valence-electron chi connectivity index (χ4n) is 1.26. The molecule has 1 rings (SSSR count). The van der Waals surface area contributed by atoms with E-state index in [1.54, 1.807) is 12.3 Å². The van der Waals surface area contributed by atoms with Gasteiger partial charge in [0.2, 0.25) is 0 Å². The van der Waals surface area contributed by atoms with Crippen LogP contribution in [0.1, 0.15) is 19.4 Å². The Bertz CT molecular complexity index is 421. The molecule has 0 aromatic carbocycles. The maximum absolute atomic E-state index is 8.50. The van der Waals surface area contributed by atoms with Crippen molar-refractivity contribution in [2.75, 3.05) is 18.5 Å². The summed E-state index contributed by atoms with van der Waals surface area (Å²) < 4.78 is 5.33. The Balaban J connectivity index is 3.01. The summed E-state index contributed by atoms with van der Waals surface area (Å²) in [6.07, 6.45) is 1.70. The van der Waals surface area contributed by atoms with Crippen molar-refractivity contribution in [3.8, 4) is 11.8 Å². The molecule has 0 aliphatic heterocycles. The minimum atomic E-state index is 0.0237. The number of anilines is 1. The van der Waals surface area contributed by atoms with E-state index in [1.165, 1.54) is 0 Å². The van der Waals surface area contributed by atoms with E-state index in [4.69, 9.17) is 10.00 Å². The maximum atomic E-state index is 8.50. The Morgan fingerprint density at radius 2 is 2.44 bits per heavy atom. The Kier molecular flexibility index (Phi) is 4.34. The molecule has 0 saturated heterocycles. The minimum absolute atomic E-state index is 0.0237. The Labute approximate surface area is 95.6 Å². The van der Waals surface area contributed by atoms with Crippen LogP contribution in [0.3, 0.4) is 0 Å². The van der Waals surface area contributed by atoms with E-state index in [-0.39, 0.29) is 6.61 Å². The summed E-state index contributed by atoms with van der Waals surface area (Å²) in [6, 6.07) is 3.72. The molecule has 0 aliphatic carbocycles. The van der Waals surface area contributed by atoms with Crippen LogP contribution in [0.5, 0.6) is 5.75 Å². The van der Waals surface area contributed by atoms with Crippen molar-refractivity contribution < 1.29 is 4.74 Å². The van der Waals surface area contributed by atoms with E-state index < -0.39 is 0 Å². The maximum Gasteiger partial charge on any atom is 0.174 e. The molecule has 0 spiro atoms. The van der Waals surface area contributed by atoms with Crippen LogP contribution >= 0.6 is 0 Å². The van der Waals surface area contributed by atoms with E-state index in [0.29, 0.717) is 5.75 Å². The summed E-state index contributed by atoms with van der Waals surface area (Å²) in [6.45, 7) is 8.53. The van der Waals surface area contributed by atoms with Crippen LogP contribution in [0.25, 0.3) is 5.57 Å². The molecule has 0 unspecified atom stereocenters. The number of nitrogens with one attached hydrogen (secondary N) is 1. The van der Waals surface area contributed by atoms with Gasteiger partial charge in [-0.15, -0.1) is 0 Å². The highest BCUT2D eigenvalue weighted by Gasteiger charge is 2.06. The van der Waals surface area contributed by atoms with Gasteiger partial charge in [-0.05, 0) is 19.4 Å². The third-order valence-corrected chi connectivity index (χ3v) is 1.98. The van der Waals surface area contributed by atoms with Crippen LogP contribution in [0, 0.1) is 11.3 Å². The Morgan fingerprint density at radius 1 is 1.69 bits per heavy atom. The summed E-state index contributed by atoms with van der Waals surface area (Å²) in [5.74, 6) is 1.38. The van der Waals surface area contributed by atoms with Gasteiger partial charge in [0.05, 0.1) is 0 Å². The summed E-state index contributed by atoms with van der Waals surface area (Å²) in [5, 5.41) is 11.6. The van der Waals surface area contributed by atoms with E-state index in [9.17, 15) is 0 Å². The van der Waals surface area contributed by atoms with Gasteiger partial charge in [-0.2, -0.15) is 5.26 Å². The van der Waals surface area contributed by atoms with Gasteiger partial charge in [0.25, 0.3) is 0 Å². The first-order chi connectivity index (χ1) is 7.69. The monoisotopic (exact) mass is 217 g/mol. The molecule has 1 heterocycles. The van der Waals surface area contributed by atoms with Crippen molar-refractivity contribution in [3.63, 3.8) is 0 Å². The van der Waals surface area contributed by atoms with Crippen LogP contribution in [-0.4, -0.2) is 18.1 Å². The first kappa shape index (κ1) is 12.1. The van der Waals surface area contributed by atoms with Crippen molar-refractivity contribution in [2.45, 2.75) is 13.8 Å². The van der Waals surface area contributed by atoms with Gasteiger partial charge in [0.15, 0.2) is 6.61 Å². The lowest BCUT2D eigenvalue weighted by Gasteiger charge is -2.11. The number of hydrogen-bond acceptors (Lipinski definition) is 4. The third kappa shape index (κ3) is 2.99. The highest BCUT2D eigenvalue weighted by atomic mass is 16.5. The van der Waals surface area contributed by atoms with Crippen LogP contribution in [0.15, 0.2) is 18.8 Å². The van der Waals surface area contributed by atoms with Crippen molar-refractivity contribution in [1.82, 2.24) is 4.98 Å². The summed E-state index contributed by atoms with van der Waals surface area (Å²) in [4.78, 5) is 4.22. The number of nitrogens with zero attached hydrogens (tertiary/aromatic N) is 2. The van der Waals surface area contributed by atoms with E-state index in [1.807, 2.05) is 19.9 Å². The minimum Gasteiger partial charge on any atom is -0.478 e. The average Bonchev–Trinajstić information content (AvgIpc) is 2.26. The SMILES string of the molecule is C=C(C)c1cnc(NCC)cc1OCC#N. The lowest BCUT2D eigenvalue weighted by atomic mass is 10.1. The van der Waals surface area contributed by atoms with Crippen molar-refractivity contribution in [2.24, 2.45) is 0 Å². The number of allylic oxidation sites excluding steroid dienone is 1. The van der Waals surface area contributed by atoms with Crippen molar-refractivity contribution in [3.05, 3.63) is 24.4 Å². The molecule has 0 radical (unpaired) electrons. The number of aromatic nitrogens is 1. The molecule has 0 atom stereocenters. The van der Waals surface area contributed by atoms with E-state index in [0.717, 1.165) is 23.5 Å². The summed E-state index contributed by atoms with van der Waals surface area (Å²) >= 11 is 0. The lowest BCUT2D eigenvalue weighted by molar-refractivity contribution is 0.367. The van der Waals surface area contributed by atoms with Gasteiger partial charge >= 0.3 is 0 Å². The highest BCUT2D eigenvalue weighted by molar-refractivity contribution is 5.68. The molecule has 0 amide bonds. The number of hydrogen-bond donors (Lipinski definition) is 1. The zero-order chi connectivity index (χ0) is 12.0. The third-order valence-electron chi connectivity index (χ3n) is 1.98. The smallest absolute Gasteiger partial charge is 0.174 e.